The lowest BCUT2D eigenvalue weighted by Crippen LogP contribution is -2.08. The van der Waals surface area contributed by atoms with E-state index in [1.807, 2.05) is 0 Å². The Hall–Kier alpha value is -0.310. The minimum absolute atomic E-state index is 0.461. The fraction of sp³-hybridized carbons (Fsp3) is 0.667. The van der Waals surface area contributed by atoms with Gasteiger partial charge in [0.05, 0.1) is 6.26 Å². The van der Waals surface area contributed by atoms with Crippen molar-refractivity contribution in [2.24, 2.45) is 0 Å². The van der Waals surface area contributed by atoms with Crippen LogP contribution in [0.15, 0.2) is 12.3 Å². The Morgan fingerprint density at radius 3 is 2.55 bits per heavy atom. The van der Waals surface area contributed by atoms with Gasteiger partial charge in [-0.1, -0.05) is 0 Å². The fourth-order valence-corrected chi connectivity index (χ4v) is 2.11. The summed E-state index contributed by atoms with van der Waals surface area (Å²) in [5.41, 5.74) is 0. The lowest BCUT2D eigenvalue weighted by atomic mass is 10.5. The van der Waals surface area contributed by atoms with E-state index < -0.39 is 13.4 Å². The maximum atomic E-state index is 11.5. The first kappa shape index (κ1) is 8.78. The van der Waals surface area contributed by atoms with E-state index in [0.29, 0.717) is 6.42 Å². The van der Waals surface area contributed by atoms with E-state index in [1.165, 1.54) is 20.5 Å². The molecule has 1 atom stereocenters. The van der Waals surface area contributed by atoms with Gasteiger partial charge in [0.2, 0.25) is 5.85 Å². The van der Waals surface area contributed by atoms with Crippen molar-refractivity contribution < 1.29 is 18.3 Å². The average molecular weight is 178 g/mol. The second-order valence-corrected chi connectivity index (χ2v) is 4.49. The summed E-state index contributed by atoms with van der Waals surface area (Å²) in [6.07, 6.45) is 3.88. The fourth-order valence-electron chi connectivity index (χ4n) is 0.887. The Morgan fingerprint density at radius 1 is 1.55 bits per heavy atom. The third-order valence-corrected chi connectivity index (χ3v) is 3.59. The Bertz CT molecular complexity index is 185. The highest BCUT2D eigenvalue weighted by Crippen LogP contribution is 2.54. The quantitative estimate of drug-likeness (QED) is 0.617. The predicted molar refractivity (Wildman–Crippen MR) is 40.3 cm³/mol. The molecule has 0 radical (unpaired) electrons. The van der Waals surface area contributed by atoms with E-state index in [9.17, 15) is 4.57 Å². The molecule has 0 spiro atoms. The van der Waals surface area contributed by atoms with E-state index in [4.69, 9.17) is 13.8 Å². The van der Waals surface area contributed by atoms with Crippen molar-refractivity contribution in [3.8, 4) is 0 Å². The molecule has 11 heavy (non-hydrogen) atoms. The van der Waals surface area contributed by atoms with Crippen LogP contribution in [0.25, 0.3) is 0 Å². The third kappa shape index (κ3) is 1.64. The van der Waals surface area contributed by atoms with Crippen molar-refractivity contribution in [2.75, 3.05) is 14.2 Å². The maximum absolute atomic E-state index is 11.5. The summed E-state index contributed by atoms with van der Waals surface area (Å²) in [6.45, 7) is 0. The van der Waals surface area contributed by atoms with Crippen LogP contribution in [-0.4, -0.2) is 20.1 Å². The molecule has 1 aliphatic heterocycles. The van der Waals surface area contributed by atoms with Crippen LogP contribution in [0, 0.1) is 0 Å². The van der Waals surface area contributed by atoms with Crippen molar-refractivity contribution in [1.82, 2.24) is 0 Å². The lowest BCUT2D eigenvalue weighted by molar-refractivity contribution is 0.171. The molecule has 0 aromatic heterocycles. The summed E-state index contributed by atoms with van der Waals surface area (Å²) in [4.78, 5) is 0. The number of hydrogen-bond acceptors (Lipinski definition) is 4. The second kappa shape index (κ2) is 3.39. The van der Waals surface area contributed by atoms with Gasteiger partial charge in [-0.15, -0.1) is 0 Å². The molecule has 0 aromatic rings. The van der Waals surface area contributed by atoms with E-state index in [0.717, 1.165) is 0 Å². The monoisotopic (exact) mass is 178 g/mol. The van der Waals surface area contributed by atoms with Gasteiger partial charge in [0.1, 0.15) is 0 Å². The van der Waals surface area contributed by atoms with Gasteiger partial charge in [-0.2, -0.15) is 0 Å². The van der Waals surface area contributed by atoms with E-state index in [2.05, 4.69) is 0 Å². The van der Waals surface area contributed by atoms with Crippen LogP contribution in [0.4, 0.5) is 0 Å². The van der Waals surface area contributed by atoms with Gasteiger partial charge >= 0.3 is 7.60 Å². The Labute approximate surface area is 65.7 Å². The molecule has 0 aliphatic carbocycles. The maximum Gasteiger partial charge on any atom is 0.370 e. The van der Waals surface area contributed by atoms with Crippen molar-refractivity contribution in [3.63, 3.8) is 0 Å². The molecule has 4 nitrogen and oxygen atoms in total. The lowest BCUT2D eigenvalue weighted by Gasteiger charge is -2.19. The van der Waals surface area contributed by atoms with Crippen molar-refractivity contribution >= 4 is 7.60 Å². The second-order valence-electron chi connectivity index (χ2n) is 2.10. The molecule has 0 saturated heterocycles. The van der Waals surface area contributed by atoms with Crippen LogP contribution in [0.2, 0.25) is 0 Å². The molecule has 1 rings (SSSR count). The van der Waals surface area contributed by atoms with Crippen molar-refractivity contribution in [1.29, 1.82) is 0 Å². The molecule has 1 heterocycles. The molecule has 0 bridgehead atoms. The third-order valence-electron chi connectivity index (χ3n) is 1.53. The first-order valence-corrected chi connectivity index (χ1v) is 4.86. The number of ether oxygens (including phenoxy) is 1. The van der Waals surface area contributed by atoms with Gasteiger partial charge in [-0.3, -0.25) is 4.57 Å². The summed E-state index contributed by atoms with van der Waals surface area (Å²) >= 11 is 0. The molecule has 0 saturated carbocycles. The topological polar surface area (TPSA) is 44.8 Å². The summed E-state index contributed by atoms with van der Waals surface area (Å²) in [7, 11) is -0.307. The molecule has 0 aromatic carbocycles. The normalized spacial score (nSPS) is 23.6. The first-order chi connectivity index (χ1) is 5.23. The zero-order valence-corrected chi connectivity index (χ0v) is 7.41. The molecule has 64 valence electrons. The predicted octanol–water partition coefficient (Wildman–Crippen LogP) is 1.73. The van der Waals surface area contributed by atoms with Crippen LogP contribution < -0.4 is 0 Å². The first-order valence-electron chi connectivity index (χ1n) is 3.24. The molecular weight excluding hydrogens is 167 g/mol. The largest absolute Gasteiger partial charge is 0.485 e. The van der Waals surface area contributed by atoms with E-state index >= 15 is 0 Å². The standard InChI is InChI=1S/C6H11O4P/c1-8-11(7,9-2)6-4-3-5-10-6/h3,5-6H,4H2,1-2H3. The minimum Gasteiger partial charge on any atom is -0.485 e. The van der Waals surface area contributed by atoms with Crippen LogP contribution in [0.5, 0.6) is 0 Å². The van der Waals surface area contributed by atoms with Crippen LogP contribution in [0.3, 0.4) is 0 Å². The molecular formula is C6H11O4P. The van der Waals surface area contributed by atoms with Crippen LogP contribution in [-0.2, 0) is 18.3 Å². The highest BCUT2D eigenvalue weighted by molar-refractivity contribution is 7.54. The Kier molecular flexibility index (Phi) is 2.71. The molecule has 1 unspecified atom stereocenters. The van der Waals surface area contributed by atoms with Crippen molar-refractivity contribution in [3.05, 3.63) is 12.3 Å². The van der Waals surface area contributed by atoms with Gasteiger partial charge in [-0.05, 0) is 6.08 Å². The van der Waals surface area contributed by atoms with Crippen LogP contribution in [0.1, 0.15) is 6.42 Å². The number of rotatable bonds is 3. The van der Waals surface area contributed by atoms with Gasteiger partial charge in [-0.25, -0.2) is 0 Å². The zero-order valence-electron chi connectivity index (χ0n) is 6.52. The summed E-state index contributed by atoms with van der Waals surface area (Å²) in [6, 6.07) is 0. The highest BCUT2D eigenvalue weighted by atomic mass is 31.2. The smallest absolute Gasteiger partial charge is 0.370 e. The van der Waals surface area contributed by atoms with Crippen molar-refractivity contribution in [2.45, 2.75) is 12.3 Å². The summed E-state index contributed by atoms with van der Waals surface area (Å²) in [5.74, 6) is -0.461. The van der Waals surface area contributed by atoms with Gasteiger partial charge in [0.25, 0.3) is 0 Å². The van der Waals surface area contributed by atoms with Gasteiger partial charge < -0.3 is 13.8 Å². The molecule has 0 N–H and O–H groups in total. The molecule has 0 fully saturated rings. The minimum atomic E-state index is -3.01. The summed E-state index contributed by atoms with van der Waals surface area (Å²) < 4.78 is 26.0. The van der Waals surface area contributed by atoms with Gasteiger partial charge in [0.15, 0.2) is 0 Å². The van der Waals surface area contributed by atoms with Gasteiger partial charge in [0, 0.05) is 20.6 Å². The molecule has 0 amide bonds. The molecule has 5 heteroatoms. The van der Waals surface area contributed by atoms with E-state index in [1.54, 1.807) is 6.08 Å². The Morgan fingerprint density at radius 2 is 2.18 bits per heavy atom. The average Bonchev–Trinajstić information content (AvgIpc) is 2.55. The highest BCUT2D eigenvalue weighted by Gasteiger charge is 2.36. The zero-order chi connectivity index (χ0) is 8.32. The molecule has 1 aliphatic rings. The number of hydrogen-bond donors (Lipinski definition) is 0. The SMILES string of the molecule is COP(=O)(OC)C1CC=CO1. The Balaban J connectivity index is 2.62. The summed E-state index contributed by atoms with van der Waals surface area (Å²) in [5, 5.41) is 0. The van der Waals surface area contributed by atoms with Crippen LogP contribution >= 0.6 is 7.60 Å². The van der Waals surface area contributed by atoms with E-state index in [-0.39, 0.29) is 0 Å².